The van der Waals surface area contributed by atoms with Gasteiger partial charge in [0.2, 0.25) is 0 Å². The minimum absolute atomic E-state index is 0.171. The summed E-state index contributed by atoms with van der Waals surface area (Å²) < 4.78 is 1.90. The van der Waals surface area contributed by atoms with Crippen molar-refractivity contribution in [2.45, 2.75) is 25.9 Å². The molecule has 4 nitrogen and oxygen atoms in total. The third-order valence-electron chi connectivity index (χ3n) is 2.89. The molecule has 0 amide bonds. The van der Waals surface area contributed by atoms with E-state index in [1.165, 1.54) is 0 Å². The zero-order valence-corrected chi connectivity index (χ0v) is 12.4. The van der Waals surface area contributed by atoms with Gasteiger partial charge in [-0.25, -0.2) is 0 Å². The number of aryl methyl sites for hydroxylation is 1. The summed E-state index contributed by atoms with van der Waals surface area (Å²) in [5.41, 5.74) is 1.65. The zero-order chi connectivity index (χ0) is 13.8. The summed E-state index contributed by atoms with van der Waals surface area (Å²) in [6.45, 7) is 2.91. The van der Waals surface area contributed by atoms with Gasteiger partial charge in [0.1, 0.15) is 0 Å². The number of hydrogen-bond donors (Lipinski definition) is 1. The topological polar surface area (TPSA) is 42.7 Å². The molecule has 1 unspecified atom stereocenters. The van der Waals surface area contributed by atoms with E-state index >= 15 is 0 Å². The first kappa shape index (κ1) is 14.3. The van der Waals surface area contributed by atoms with Gasteiger partial charge in [-0.15, -0.1) is 0 Å². The first-order chi connectivity index (χ1) is 9.19. The number of nitrogens with zero attached hydrogens (tertiary/aromatic N) is 3. The Labute approximate surface area is 122 Å². The average Bonchev–Trinajstić information content (AvgIpc) is 2.75. The van der Waals surface area contributed by atoms with Crippen molar-refractivity contribution in [3.05, 3.63) is 46.0 Å². The molecule has 1 atom stereocenters. The Balaban J connectivity index is 2.48. The van der Waals surface area contributed by atoms with Gasteiger partial charge >= 0.3 is 0 Å². The fourth-order valence-corrected chi connectivity index (χ4v) is 2.54. The third kappa shape index (κ3) is 2.91. The summed E-state index contributed by atoms with van der Waals surface area (Å²) in [5.74, 6) is 0. The predicted molar refractivity (Wildman–Crippen MR) is 77.7 cm³/mol. The summed E-state index contributed by atoms with van der Waals surface area (Å²) in [5, 5.41) is 8.75. The summed E-state index contributed by atoms with van der Waals surface area (Å²) in [6, 6.07) is 3.46. The van der Waals surface area contributed by atoms with Crippen LogP contribution in [0.2, 0.25) is 10.0 Å². The van der Waals surface area contributed by atoms with E-state index in [4.69, 9.17) is 23.2 Å². The Morgan fingerprint density at radius 3 is 2.79 bits per heavy atom. The third-order valence-corrected chi connectivity index (χ3v) is 3.50. The predicted octanol–water partition coefficient (Wildman–Crippen LogP) is 3.30. The highest BCUT2D eigenvalue weighted by atomic mass is 35.5. The van der Waals surface area contributed by atoms with Gasteiger partial charge in [0, 0.05) is 12.7 Å². The molecule has 0 aliphatic carbocycles. The second kappa shape index (κ2) is 6.37. The Bertz CT molecular complexity index is 553. The molecule has 0 saturated carbocycles. The largest absolute Gasteiger partial charge is 0.307 e. The fourth-order valence-electron chi connectivity index (χ4n) is 2.06. The Hall–Kier alpha value is -1.10. The van der Waals surface area contributed by atoms with Crippen LogP contribution < -0.4 is 5.32 Å². The van der Waals surface area contributed by atoms with Crippen LogP contribution in [0.1, 0.15) is 30.8 Å². The minimum Gasteiger partial charge on any atom is -0.307 e. The van der Waals surface area contributed by atoms with Crippen LogP contribution in [-0.4, -0.2) is 21.8 Å². The zero-order valence-electron chi connectivity index (χ0n) is 10.9. The molecule has 0 radical (unpaired) electrons. The van der Waals surface area contributed by atoms with Gasteiger partial charge in [-0.05, 0) is 25.6 Å². The quantitative estimate of drug-likeness (QED) is 0.921. The highest BCUT2D eigenvalue weighted by Crippen LogP contribution is 2.30. The van der Waals surface area contributed by atoms with Crippen LogP contribution in [-0.2, 0) is 6.54 Å². The Morgan fingerprint density at radius 2 is 2.16 bits per heavy atom. The van der Waals surface area contributed by atoms with Crippen molar-refractivity contribution in [3.63, 3.8) is 0 Å². The van der Waals surface area contributed by atoms with Crippen LogP contribution in [0, 0.1) is 0 Å². The Kier molecular flexibility index (Phi) is 4.80. The van der Waals surface area contributed by atoms with E-state index in [1.807, 2.05) is 23.9 Å². The van der Waals surface area contributed by atoms with E-state index in [0.717, 1.165) is 24.4 Å². The Morgan fingerprint density at radius 1 is 1.37 bits per heavy atom. The van der Waals surface area contributed by atoms with Crippen molar-refractivity contribution < 1.29 is 0 Å². The van der Waals surface area contributed by atoms with Crippen LogP contribution >= 0.6 is 23.2 Å². The molecule has 0 aliphatic rings. The molecule has 102 valence electrons. The van der Waals surface area contributed by atoms with Crippen LogP contribution in [0.5, 0.6) is 0 Å². The maximum Gasteiger partial charge on any atom is 0.0949 e. The number of rotatable bonds is 5. The van der Waals surface area contributed by atoms with Gasteiger partial charge < -0.3 is 5.32 Å². The van der Waals surface area contributed by atoms with Crippen molar-refractivity contribution >= 4 is 23.2 Å². The van der Waals surface area contributed by atoms with Gasteiger partial charge in [0.25, 0.3) is 0 Å². The number of nitrogens with one attached hydrogen (secondary N) is 1. The highest BCUT2D eigenvalue weighted by molar-refractivity contribution is 6.32. The molecule has 0 saturated heterocycles. The normalized spacial score (nSPS) is 12.6. The molecule has 2 aromatic heterocycles. The van der Waals surface area contributed by atoms with Crippen molar-refractivity contribution in [3.8, 4) is 0 Å². The molecule has 6 heteroatoms. The maximum absolute atomic E-state index is 6.26. The van der Waals surface area contributed by atoms with Crippen molar-refractivity contribution in [1.82, 2.24) is 20.1 Å². The lowest BCUT2D eigenvalue weighted by Crippen LogP contribution is -2.23. The summed E-state index contributed by atoms with van der Waals surface area (Å²) in [4.78, 5) is 4.35. The molecule has 0 bridgehead atoms. The number of halogens is 2. The lowest BCUT2D eigenvalue weighted by atomic mass is 10.1. The van der Waals surface area contributed by atoms with E-state index in [9.17, 15) is 0 Å². The van der Waals surface area contributed by atoms with Gasteiger partial charge in [0.15, 0.2) is 0 Å². The second-order valence-corrected chi connectivity index (χ2v) is 5.01. The van der Waals surface area contributed by atoms with Gasteiger partial charge in [-0.2, -0.15) is 5.10 Å². The molecule has 2 rings (SSSR count). The first-order valence-electron chi connectivity index (χ1n) is 6.17. The monoisotopic (exact) mass is 298 g/mol. The van der Waals surface area contributed by atoms with E-state index in [2.05, 4.69) is 22.3 Å². The molecule has 0 spiro atoms. The lowest BCUT2D eigenvalue weighted by Gasteiger charge is -2.19. The summed E-state index contributed by atoms with van der Waals surface area (Å²) in [7, 11) is 1.86. The summed E-state index contributed by atoms with van der Waals surface area (Å²) in [6.07, 6.45) is 4.37. The van der Waals surface area contributed by atoms with E-state index < -0.39 is 0 Å². The smallest absolute Gasteiger partial charge is 0.0949 e. The fraction of sp³-hybridized carbons (Fsp3) is 0.385. The SMILES string of the molecule is CCCn1ncc(Cl)c1C(NC)c1ncccc1Cl. The van der Waals surface area contributed by atoms with E-state index in [1.54, 1.807) is 12.4 Å². The molecule has 0 fully saturated rings. The van der Waals surface area contributed by atoms with E-state index in [0.29, 0.717) is 10.0 Å². The highest BCUT2D eigenvalue weighted by Gasteiger charge is 2.23. The molecule has 1 N–H and O–H groups in total. The van der Waals surface area contributed by atoms with Crippen LogP contribution in [0.25, 0.3) is 0 Å². The van der Waals surface area contributed by atoms with Crippen molar-refractivity contribution in [2.24, 2.45) is 0 Å². The number of pyridine rings is 1. The average molecular weight is 299 g/mol. The molecule has 2 aromatic rings. The van der Waals surface area contributed by atoms with Gasteiger partial charge in [0.05, 0.1) is 33.7 Å². The van der Waals surface area contributed by atoms with Crippen LogP contribution in [0.3, 0.4) is 0 Å². The van der Waals surface area contributed by atoms with Crippen molar-refractivity contribution in [1.29, 1.82) is 0 Å². The van der Waals surface area contributed by atoms with Crippen LogP contribution in [0.15, 0.2) is 24.5 Å². The minimum atomic E-state index is -0.171. The van der Waals surface area contributed by atoms with E-state index in [-0.39, 0.29) is 6.04 Å². The van der Waals surface area contributed by atoms with Crippen molar-refractivity contribution in [2.75, 3.05) is 7.05 Å². The molecular formula is C13H16Cl2N4. The standard InChI is InChI=1S/C13H16Cl2N4/c1-3-7-19-13(10(15)8-18-19)12(16-2)11-9(14)5-4-6-17-11/h4-6,8,12,16H,3,7H2,1-2H3. The second-order valence-electron chi connectivity index (χ2n) is 4.19. The molecule has 0 aliphatic heterocycles. The molecular weight excluding hydrogens is 283 g/mol. The van der Waals surface area contributed by atoms with Crippen LogP contribution in [0.4, 0.5) is 0 Å². The number of aromatic nitrogens is 3. The van der Waals surface area contributed by atoms with Gasteiger partial charge in [-0.3, -0.25) is 9.67 Å². The summed E-state index contributed by atoms with van der Waals surface area (Å²) >= 11 is 12.5. The molecule has 0 aromatic carbocycles. The lowest BCUT2D eigenvalue weighted by molar-refractivity contribution is 0.530. The van der Waals surface area contributed by atoms with Gasteiger partial charge in [-0.1, -0.05) is 30.1 Å². The maximum atomic E-state index is 6.26. The molecule has 2 heterocycles. The first-order valence-corrected chi connectivity index (χ1v) is 6.93. The number of hydrogen-bond acceptors (Lipinski definition) is 3. The molecule has 19 heavy (non-hydrogen) atoms.